The maximum Gasteiger partial charge on any atom is 0.437 e. The molecule has 1 aromatic carbocycles. The van der Waals surface area contributed by atoms with Gasteiger partial charge in [-0.2, -0.15) is 18.3 Å². The molecule has 0 aliphatic heterocycles. The van der Waals surface area contributed by atoms with E-state index in [1.807, 2.05) is 13.8 Å². The summed E-state index contributed by atoms with van der Waals surface area (Å²) in [5.74, 6) is -3.86. The molecule has 1 aromatic heterocycles. The van der Waals surface area contributed by atoms with Gasteiger partial charge in [-0.3, -0.25) is 14.4 Å². The third kappa shape index (κ3) is 4.40. The SMILES string of the molecule is CC(C)CSc1c(N(C=O)c2c(F)cc(F)cc2F)c(C(F)(F)F)nn1C. The van der Waals surface area contributed by atoms with Gasteiger partial charge in [-0.15, -0.1) is 11.8 Å². The highest BCUT2D eigenvalue weighted by Gasteiger charge is 2.42. The van der Waals surface area contributed by atoms with Crippen molar-refractivity contribution < 1.29 is 31.1 Å². The van der Waals surface area contributed by atoms with E-state index in [-0.39, 0.29) is 34.4 Å². The molecule has 148 valence electrons. The molecule has 2 aromatic rings. The summed E-state index contributed by atoms with van der Waals surface area (Å²) in [5, 5.41) is 3.28. The number of rotatable bonds is 6. The first-order valence-electron chi connectivity index (χ1n) is 7.63. The van der Waals surface area contributed by atoms with Gasteiger partial charge in [0, 0.05) is 24.9 Å². The van der Waals surface area contributed by atoms with Crippen LogP contribution in [0.25, 0.3) is 0 Å². The number of halogens is 6. The summed E-state index contributed by atoms with van der Waals surface area (Å²) in [6.45, 7) is 3.65. The Hall–Kier alpha value is -2.17. The maximum absolute atomic E-state index is 14.1. The van der Waals surface area contributed by atoms with Gasteiger partial charge in [0.2, 0.25) is 6.41 Å². The molecule has 0 atom stereocenters. The highest BCUT2D eigenvalue weighted by atomic mass is 32.2. The molecule has 1 amide bonds. The molecule has 0 aliphatic carbocycles. The lowest BCUT2D eigenvalue weighted by molar-refractivity contribution is -0.140. The Balaban J connectivity index is 2.74. The first-order valence-corrected chi connectivity index (χ1v) is 8.62. The number of hydrogen-bond acceptors (Lipinski definition) is 3. The van der Waals surface area contributed by atoms with Crippen LogP contribution < -0.4 is 4.90 Å². The quantitative estimate of drug-likeness (QED) is 0.386. The number of anilines is 2. The monoisotopic (exact) mass is 411 g/mol. The summed E-state index contributed by atoms with van der Waals surface area (Å²) in [4.78, 5) is 11.7. The van der Waals surface area contributed by atoms with Crippen LogP contribution in [0, 0.1) is 23.4 Å². The van der Waals surface area contributed by atoms with Gasteiger partial charge in [0.25, 0.3) is 0 Å². The Morgan fingerprint density at radius 3 is 2.19 bits per heavy atom. The van der Waals surface area contributed by atoms with Crippen molar-refractivity contribution in [2.45, 2.75) is 25.0 Å². The zero-order valence-corrected chi connectivity index (χ0v) is 15.3. The van der Waals surface area contributed by atoms with Crippen LogP contribution in [0.3, 0.4) is 0 Å². The molecule has 0 radical (unpaired) electrons. The molecular formula is C16H15F6N3OS. The minimum atomic E-state index is -4.99. The molecule has 4 nitrogen and oxygen atoms in total. The van der Waals surface area contributed by atoms with E-state index in [1.54, 1.807) is 0 Å². The van der Waals surface area contributed by atoms with E-state index in [0.717, 1.165) is 16.4 Å². The highest BCUT2D eigenvalue weighted by molar-refractivity contribution is 7.99. The first-order chi connectivity index (χ1) is 12.5. The summed E-state index contributed by atoms with van der Waals surface area (Å²) in [5.41, 5.74) is -3.40. The van der Waals surface area contributed by atoms with Crippen LogP contribution in [0.5, 0.6) is 0 Å². The Labute approximate surface area is 155 Å². The Kier molecular flexibility index (Phi) is 6.13. The Morgan fingerprint density at radius 1 is 1.19 bits per heavy atom. The number of aryl methyl sites for hydroxylation is 1. The molecular weight excluding hydrogens is 396 g/mol. The van der Waals surface area contributed by atoms with Crippen molar-refractivity contribution in [1.29, 1.82) is 0 Å². The van der Waals surface area contributed by atoms with Crippen LogP contribution in [0.4, 0.5) is 37.7 Å². The number of nitrogens with zero attached hydrogens (tertiary/aromatic N) is 3. The zero-order chi connectivity index (χ0) is 20.5. The van der Waals surface area contributed by atoms with Crippen molar-refractivity contribution in [2.24, 2.45) is 13.0 Å². The van der Waals surface area contributed by atoms with Crippen molar-refractivity contribution in [3.05, 3.63) is 35.3 Å². The minimum absolute atomic E-state index is 0.0797. The molecule has 0 N–H and O–H groups in total. The van der Waals surface area contributed by atoms with Gasteiger partial charge in [-0.05, 0) is 5.92 Å². The molecule has 0 spiro atoms. The third-order valence-electron chi connectivity index (χ3n) is 3.36. The normalized spacial score (nSPS) is 11.9. The van der Waals surface area contributed by atoms with Gasteiger partial charge >= 0.3 is 6.18 Å². The van der Waals surface area contributed by atoms with Crippen LogP contribution in [-0.2, 0) is 18.0 Å². The fourth-order valence-electron chi connectivity index (χ4n) is 2.29. The Morgan fingerprint density at radius 2 is 1.74 bits per heavy atom. The van der Waals surface area contributed by atoms with Crippen molar-refractivity contribution in [3.63, 3.8) is 0 Å². The molecule has 2 rings (SSSR count). The average molecular weight is 411 g/mol. The third-order valence-corrected chi connectivity index (χ3v) is 4.93. The van der Waals surface area contributed by atoms with E-state index in [4.69, 9.17) is 0 Å². The number of benzene rings is 1. The second-order valence-electron chi connectivity index (χ2n) is 6.02. The van der Waals surface area contributed by atoms with Gasteiger partial charge in [0.05, 0.1) is 0 Å². The molecule has 11 heteroatoms. The number of alkyl halides is 3. The van der Waals surface area contributed by atoms with Gasteiger partial charge in [0.15, 0.2) is 17.3 Å². The second-order valence-corrected chi connectivity index (χ2v) is 7.03. The summed E-state index contributed by atoms with van der Waals surface area (Å²) >= 11 is 0.953. The fourth-order valence-corrected chi connectivity index (χ4v) is 3.35. The van der Waals surface area contributed by atoms with Crippen LogP contribution >= 0.6 is 11.8 Å². The number of aromatic nitrogens is 2. The van der Waals surface area contributed by atoms with E-state index in [2.05, 4.69) is 5.10 Å². The lowest BCUT2D eigenvalue weighted by atomic mass is 10.2. The number of amides is 1. The van der Waals surface area contributed by atoms with E-state index in [9.17, 15) is 31.1 Å². The lowest BCUT2D eigenvalue weighted by Crippen LogP contribution is -2.21. The van der Waals surface area contributed by atoms with E-state index < -0.39 is 40.7 Å². The van der Waals surface area contributed by atoms with Crippen molar-refractivity contribution >= 4 is 29.5 Å². The summed E-state index contributed by atoms with van der Waals surface area (Å²) < 4.78 is 82.6. The number of thioether (sulfide) groups is 1. The van der Waals surface area contributed by atoms with Gasteiger partial charge in [-0.1, -0.05) is 13.8 Å². The topological polar surface area (TPSA) is 38.1 Å². The summed E-state index contributed by atoms with van der Waals surface area (Å²) in [6.07, 6.45) is -5.15. The summed E-state index contributed by atoms with van der Waals surface area (Å²) in [6, 6.07) is 0.555. The van der Waals surface area contributed by atoms with Crippen LogP contribution in [-0.4, -0.2) is 21.9 Å². The molecule has 0 saturated carbocycles. The highest BCUT2D eigenvalue weighted by Crippen LogP contribution is 2.44. The number of hydrogen-bond donors (Lipinski definition) is 0. The maximum atomic E-state index is 14.1. The molecule has 27 heavy (non-hydrogen) atoms. The first kappa shape index (κ1) is 21.1. The Bertz CT molecular complexity index is 826. The van der Waals surface area contributed by atoms with Crippen molar-refractivity contribution in [3.8, 4) is 0 Å². The molecule has 0 saturated heterocycles. The summed E-state index contributed by atoms with van der Waals surface area (Å²) in [7, 11) is 1.22. The molecule has 1 heterocycles. The smallest absolute Gasteiger partial charge is 0.278 e. The predicted octanol–water partition coefficient (Wildman–Crippen LogP) is 4.90. The van der Waals surface area contributed by atoms with Crippen molar-refractivity contribution in [1.82, 2.24) is 9.78 Å². The lowest BCUT2D eigenvalue weighted by Gasteiger charge is -2.21. The molecule has 0 aliphatic rings. The molecule has 0 bridgehead atoms. The van der Waals surface area contributed by atoms with Crippen LogP contribution in [0.2, 0.25) is 0 Å². The number of carbonyl (C=O) groups excluding carboxylic acids is 1. The van der Waals surface area contributed by atoms with Crippen LogP contribution in [0.15, 0.2) is 17.2 Å². The van der Waals surface area contributed by atoms with Crippen LogP contribution in [0.1, 0.15) is 19.5 Å². The largest absolute Gasteiger partial charge is 0.437 e. The average Bonchev–Trinajstić information content (AvgIpc) is 2.85. The van der Waals surface area contributed by atoms with E-state index in [1.165, 1.54) is 7.05 Å². The minimum Gasteiger partial charge on any atom is -0.278 e. The van der Waals surface area contributed by atoms with Gasteiger partial charge in [-0.25, -0.2) is 13.2 Å². The van der Waals surface area contributed by atoms with Gasteiger partial charge in [0.1, 0.15) is 22.2 Å². The van der Waals surface area contributed by atoms with E-state index >= 15 is 0 Å². The molecule has 0 fully saturated rings. The standard InChI is InChI=1S/C16H15F6N3OS/c1-8(2)6-27-15-13(14(16(20,21)22)23-24(15)3)25(7-26)12-10(18)4-9(17)5-11(12)19/h4-5,7-8H,6H2,1-3H3. The predicted molar refractivity (Wildman–Crippen MR) is 88.3 cm³/mol. The van der Waals surface area contributed by atoms with Crippen molar-refractivity contribution in [2.75, 3.05) is 10.7 Å². The zero-order valence-electron chi connectivity index (χ0n) is 14.4. The fraction of sp³-hybridized carbons (Fsp3) is 0.375. The van der Waals surface area contributed by atoms with Gasteiger partial charge < -0.3 is 0 Å². The van der Waals surface area contributed by atoms with E-state index in [0.29, 0.717) is 5.75 Å². The molecule has 0 unspecified atom stereocenters. The number of carbonyl (C=O) groups is 1. The second kappa shape index (κ2) is 7.83.